The molecule has 0 aromatic heterocycles. The highest BCUT2D eigenvalue weighted by Gasteiger charge is 2.57. The van der Waals surface area contributed by atoms with Crippen molar-refractivity contribution in [3.8, 4) is 11.8 Å². The van der Waals surface area contributed by atoms with Crippen molar-refractivity contribution in [3.63, 3.8) is 0 Å². The maximum absolute atomic E-state index is 13.6. The van der Waals surface area contributed by atoms with Crippen molar-refractivity contribution in [2.75, 3.05) is 4.31 Å². The molecule has 2 aliphatic rings. The van der Waals surface area contributed by atoms with E-state index in [0.29, 0.717) is 29.1 Å². The number of ether oxygens (including phenoxy) is 1. The molecular formula is C20H16BrF3N2O3S. The van der Waals surface area contributed by atoms with Crippen LogP contribution in [0.1, 0.15) is 25.3 Å². The number of anilines is 1. The maximum atomic E-state index is 13.6. The van der Waals surface area contributed by atoms with E-state index in [1.807, 2.05) is 0 Å². The molecular weight excluding hydrogens is 485 g/mol. The first-order chi connectivity index (χ1) is 14.0. The lowest BCUT2D eigenvalue weighted by atomic mass is 9.67. The van der Waals surface area contributed by atoms with Gasteiger partial charge in [-0.1, -0.05) is 22.0 Å². The second kappa shape index (κ2) is 6.89. The molecule has 1 spiro atoms. The highest BCUT2D eigenvalue weighted by atomic mass is 79.9. The number of alkyl halides is 3. The molecule has 1 heterocycles. The standard InChI is InChI=1S/C20H16BrF3N2O3S/c1-12-19(9-13(10-19)11-25)29-18-6-5-15(21)8-17(18)26(12)30(27,28)16-4-2-3-14(7-16)20(22,23)24/h2-8,12-13H,9-10H2,1H3. The third kappa shape index (κ3) is 3.24. The molecule has 2 aromatic rings. The normalized spacial score (nSPS) is 25.8. The minimum Gasteiger partial charge on any atom is -0.483 e. The molecule has 1 fully saturated rings. The molecule has 2 aromatic carbocycles. The van der Waals surface area contributed by atoms with E-state index in [1.54, 1.807) is 25.1 Å². The highest BCUT2D eigenvalue weighted by molar-refractivity contribution is 9.10. The van der Waals surface area contributed by atoms with Crippen LogP contribution in [-0.2, 0) is 16.2 Å². The predicted octanol–water partition coefficient (Wildman–Crippen LogP) is 5.12. The Morgan fingerprint density at radius 3 is 2.57 bits per heavy atom. The van der Waals surface area contributed by atoms with Crippen molar-refractivity contribution < 1.29 is 26.3 Å². The predicted molar refractivity (Wildman–Crippen MR) is 106 cm³/mol. The zero-order valence-corrected chi connectivity index (χ0v) is 18.1. The van der Waals surface area contributed by atoms with Gasteiger partial charge >= 0.3 is 6.18 Å². The first-order valence-corrected chi connectivity index (χ1v) is 11.3. The largest absolute Gasteiger partial charge is 0.483 e. The minimum atomic E-state index is -4.67. The van der Waals surface area contributed by atoms with Gasteiger partial charge in [0.1, 0.15) is 11.4 Å². The van der Waals surface area contributed by atoms with E-state index in [0.717, 1.165) is 22.5 Å². The summed E-state index contributed by atoms with van der Waals surface area (Å²) in [7, 11) is -4.35. The molecule has 0 radical (unpaired) electrons. The molecule has 1 atom stereocenters. The Bertz CT molecular complexity index is 1150. The molecule has 158 valence electrons. The van der Waals surface area contributed by atoms with Gasteiger partial charge < -0.3 is 4.74 Å². The summed E-state index contributed by atoms with van der Waals surface area (Å²) in [5, 5.41) is 9.18. The van der Waals surface area contributed by atoms with Crippen molar-refractivity contribution in [2.45, 2.75) is 42.5 Å². The fourth-order valence-corrected chi connectivity index (χ4v) is 6.16. The van der Waals surface area contributed by atoms with Gasteiger partial charge in [0.25, 0.3) is 10.0 Å². The molecule has 0 saturated heterocycles. The Balaban J connectivity index is 1.86. The van der Waals surface area contributed by atoms with Gasteiger partial charge in [-0.15, -0.1) is 0 Å². The van der Waals surface area contributed by atoms with Crippen molar-refractivity contribution in [3.05, 3.63) is 52.5 Å². The van der Waals surface area contributed by atoms with Gasteiger partial charge in [0.05, 0.1) is 34.2 Å². The monoisotopic (exact) mass is 500 g/mol. The van der Waals surface area contributed by atoms with E-state index in [9.17, 15) is 26.9 Å². The van der Waals surface area contributed by atoms with Crippen molar-refractivity contribution in [1.29, 1.82) is 5.26 Å². The Morgan fingerprint density at radius 2 is 1.93 bits per heavy atom. The van der Waals surface area contributed by atoms with Crippen LogP contribution < -0.4 is 9.04 Å². The number of sulfonamides is 1. The van der Waals surface area contributed by atoms with Crippen LogP contribution in [0.3, 0.4) is 0 Å². The van der Waals surface area contributed by atoms with E-state index in [2.05, 4.69) is 22.0 Å². The second-order valence-corrected chi connectivity index (χ2v) is 10.2. The number of rotatable bonds is 2. The van der Waals surface area contributed by atoms with Crippen LogP contribution in [0.15, 0.2) is 51.8 Å². The summed E-state index contributed by atoms with van der Waals surface area (Å²) in [6.07, 6.45) is -3.98. The Hall–Kier alpha value is -2.25. The molecule has 5 nitrogen and oxygen atoms in total. The third-order valence-corrected chi connectivity index (χ3v) is 8.04. The topological polar surface area (TPSA) is 70.4 Å². The SMILES string of the molecule is CC1N(S(=O)(=O)c2cccc(C(F)(F)F)c2)c2cc(Br)ccc2OC12CC(C#N)C2. The van der Waals surface area contributed by atoms with E-state index in [-0.39, 0.29) is 11.6 Å². The van der Waals surface area contributed by atoms with E-state index in [1.165, 1.54) is 0 Å². The summed E-state index contributed by atoms with van der Waals surface area (Å²) in [5.74, 6) is 0.0470. The lowest BCUT2D eigenvalue weighted by molar-refractivity contribution is -0.137. The van der Waals surface area contributed by atoms with E-state index in [4.69, 9.17) is 4.74 Å². The zero-order valence-electron chi connectivity index (χ0n) is 15.6. The summed E-state index contributed by atoms with van der Waals surface area (Å²) < 4.78 is 74.5. The van der Waals surface area contributed by atoms with Crippen LogP contribution in [0, 0.1) is 17.2 Å². The van der Waals surface area contributed by atoms with Crippen molar-refractivity contribution in [1.82, 2.24) is 0 Å². The van der Waals surface area contributed by atoms with Crippen LogP contribution in [-0.4, -0.2) is 20.1 Å². The van der Waals surface area contributed by atoms with Gasteiger partial charge in [-0.25, -0.2) is 8.42 Å². The maximum Gasteiger partial charge on any atom is 0.416 e. The Labute approximate surface area is 180 Å². The number of hydrogen-bond acceptors (Lipinski definition) is 4. The molecule has 30 heavy (non-hydrogen) atoms. The average molecular weight is 501 g/mol. The van der Waals surface area contributed by atoms with Crippen LogP contribution >= 0.6 is 15.9 Å². The van der Waals surface area contributed by atoms with E-state index >= 15 is 0 Å². The zero-order chi connectivity index (χ0) is 21.9. The number of fused-ring (bicyclic) bond motifs is 1. The third-order valence-electron chi connectivity index (χ3n) is 5.67. The smallest absolute Gasteiger partial charge is 0.416 e. The minimum absolute atomic E-state index is 0.236. The first-order valence-electron chi connectivity index (χ1n) is 9.08. The lowest BCUT2D eigenvalue weighted by Crippen LogP contribution is -2.65. The molecule has 1 saturated carbocycles. The summed E-state index contributed by atoms with van der Waals surface area (Å²) >= 11 is 3.31. The summed E-state index contributed by atoms with van der Waals surface area (Å²) in [4.78, 5) is -0.455. The lowest BCUT2D eigenvalue weighted by Gasteiger charge is -2.55. The van der Waals surface area contributed by atoms with Crippen LogP contribution in [0.2, 0.25) is 0 Å². The van der Waals surface area contributed by atoms with Crippen LogP contribution in [0.25, 0.3) is 0 Å². The molecule has 1 aliphatic carbocycles. The number of nitrogens with zero attached hydrogens (tertiary/aromatic N) is 2. The molecule has 10 heteroatoms. The quantitative estimate of drug-likeness (QED) is 0.573. The summed E-state index contributed by atoms with van der Waals surface area (Å²) in [5.41, 5.74) is -1.71. The number of benzene rings is 2. The molecule has 0 bridgehead atoms. The average Bonchev–Trinajstić information content (AvgIpc) is 2.65. The number of hydrogen-bond donors (Lipinski definition) is 0. The van der Waals surface area contributed by atoms with Gasteiger partial charge in [-0.3, -0.25) is 4.31 Å². The van der Waals surface area contributed by atoms with Gasteiger partial charge in [0.15, 0.2) is 0 Å². The highest BCUT2D eigenvalue weighted by Crippen LogP contribution is 2.53. The van der Waals surface area contributed by atoms with Gasteiger partial charge in [-0.2, -0.15) is 18.4 Å². The number of halogens is 4. The van der Waals surface area contributed by atoms with Crippen molar-refractivity contribution in [2.24, 2.45) is 5.92 Å². The molecule has 0 N–H and O–H groups in total. The fraction of sp³-hybridized carbons (Fsp3) is 0.350. The first kappa shape index (κ1) is 21.0. The van der Waals surface area contributed by atoms with Gasteiger partial charge in [-0.05, 0) is 43.3 Å². The molecule has 1 unspecified atom stereocenters. The second-order valence-electron chi connectivity index (χ2n) is 7.52. The summed E-state index contributed by atoms with van der Waals surface area (Å²) in [6, 6.07) is 10.00. The van der Waals surface area contributed by atoms with Crippen LogP contribution in [0.5, 0.6) is 5.75 Å². The molecule has 1 aliphatic heterocycles. The van der Waals surface area contributed by atoms with Crippen molar-refractivity contribution >= 4 is 31.6 Å². The van der Waals surface area contributed by atoms with Gasteiger partial charge in [0, 0.05) is 17.3 Å². The van der Waals surface area contributed by atoms with Gasteiger partial charge in [0.2, 0.25) is 0 Å². The Kier molecular flexibility index (Phi) is 4.82. The molecule has 4 rings (SSSR count). The van der Waals surface area contributed by atoms with Crippen LogP contribution in [0.4, 0.5) is 18.9 Å². The molecule has 0 amide bonds. The fourth-order valence-electron chi connectivity index (χ4n) is 4.05. The van der Waals surface area contributed by atoms with E-state index < -0.39 is 38.3 Å². The summed E-state index contributed by atoms with van der Waals surface area (Å²) in [6.45, 7) is 1.66. The Morgan fingerprint density at radius 1 is 1.23 bits per heavy atom. The number of nitriles is 1.